The van der Waals surface area contributed by atoms with Crippen LogP contribution in [0.5, 0.6) is 0 Å². The van der Waals surface area contributed by atoms with Gasteiger partial charge in [-0.05, 0) is 6.07 Å². The molecule has 0 aliphatic carbocycles. The maximum Gasteiger partial charge on any atom is 0.419 e. The van der Waals surface area contributed by atoms with Gasteiger partial charge in [0.05, 0.1) is 18.2 Å². The van der Waals surface area contributed by atoms with Crippen LogP contribution in [0.2, 0.25) is 0 Å². The van der Waals surface area contributed by atoms with Crippen molar-refractivity contribution in [3.05, 3.63) is 35.1 Å². The Morgan fingerprint density at radius 3 is 2.67 bits per heavy atom. The Labute approximate surface area is 99.7 Å². The summed E-state index contributed by atoms with van der Waals surface area (Å²) in [5.41, 5.74) is -1.51. The molecule has 1 amide bonds. The van der Waals surface area contributed by atoms with Gasteiger partial charge in [-0.15, -0.1) is 0 Å². The first-order valence-electron chi connectivity index (χ1n) is 5.18. The second kappa shape index (κ2) is 4.47. The summed E-state index contributed by atoms with van der Waals surface area (Å²) < 4.78 is 55.9. The highest BCUT2D eigenvalue weighted by Crippen LogP contribution is 2.34. The van der Waals surface area contributed by atoms with Gasteiger partial charge >= 0.3 is 12.3 Å². The first kappa shape index (κ1) is 12.7. The lowest BCUT2D eigenvalue weighted by molar-refractivity contribution is -0.140. The molecule has 0 saturated carbocycles. The topological polar surface area (TPSA) is 38.3 Å². The third-order valence-electron chi connectivity index (χ3n) is 2.64. The van der Waals surface area contributed by atoms with Gasteiger partial charge in [-0.25, -0.2) is 9.18 Å². The normalized spacial score (nSPS) is 20.2. The van der Waals surface area contributed by atoms with Crippen molar-refractivity contribution in [1.82, 2.24) is 5.32 Å². The smallest absolute Gasteiger partial charge is 0.419 e. The van der Waals surface area contributed by atoms with Crippen molar-refractivity contribution in [2.45, 2.75) is 18.6 Å². The number of nitrogens with one attached hydrogen (secondary N) is 1. The van der Waals surface area contributed by atoms with Crippen LogP contribution in [0.15, 0.2) is 18.2 Å². The van der Waals surface area contributed by atoms with E-state index in [1.165, 1.54) is 6.07 Å². The van der Waals surface area contributed by atoms with E-state index >= 15 is 0 Å². The fourth-order valence-corrected chi connectivity index (χ4v) is 1.80. The molecule has 98 valence electrons. The molecule has 1 aromatic rings. The maximum atomic E-state index is 13.8. The number of carbonyl (C=O) groups excluding carboxylic acids is 1. The number of rotatable bonds is 1. The summed E-state index contributed by atoms with van der Waals surface area (Å²) in [5.74, 6) is -1.35. The molecule has 2 rings (SSSR count). The average Bonchev–Trinajstić information content (AvgIpc) is 2.27. The van der Waals surface area contributed by atoms with Crippen LogP contribution in [0, 0.1) is 5.82 Å². The molecule has 0 bridgehead atoms. The molecule has 1 aromatic carbocycles. The second-order valence-electron chi connectivity index (χ2n) is 3.83. The predicted molar refractivity (Wildman–Crippen MR) is 53.2 cm³/mol. The summed E-state index contributed by atoms with van der Waals surface area (Å²) in [6, 6.07) is 2.21. The van der Waals surface area contributed by atoms with Crippen molar-refractivity contribution >= 4 is 6.09 Å². The third-order valence-corrected chi connectivity index (χ3v) is 2.64. The summed E-state index contributed by atoms with van der Waals surface area (Å²) in [4.78, 5) is 11.0. The summed E-state index contributed by atoms with van der Waals surface area (Å²) >= 11 is 0. The molecular formula is C11H9F4NO2. The minimum absolute atomic E-state index is 0.0478. The molecule has 1 aliphatic heterocycles. The van der Waals surface area contributed by atoms with Crippen molar-refractivity contribution in [3.8, 4) is 0 Å². The van der Waals surface area contributed by atoms with Crippen LogP contribution in [-0.4, -0.2) is 12.7 Å². The predicted octanol–water partition coefficient (Wildman–Crippen LogP) is 3.02. The Morgan fingerprint density at radius 1 is 1.33 bits per heavy atom. The number of hydrogen-bond donors (Lipinski definition) is 1. The van der Waals surface area contributed by atoms with E-state index in [-0.39, 0.29) is 18.6 Å². The standard InChI is InChI=1S/C11H9F4NO2/c12-9-6(8-4-5-18-10(17)16-8)2-1-3-7(9)11(13,14)15/h1-3,8H,4-5H2,(H,16,17)/t8-/m0/s1. The van der Waals surface area contributed by atoms with Gasteiger partial charge in [-0.2, -0.15) is 13.2 Å². The van der Waals surface area contributed by atoms with E-state index in [9.17, 15) is 22.4 Å². The van der Waals surface area contributed by atoms with E-state index in [1.54, 1.807) is 0 Å². The zero-order chi connectivity index (χ0) is 13.3. The highest BCUT2D eigenvalue weighted by molar-refractivity contribution is 5.68. The monoisotopic (exact) mass is 263 g/mol. The molecule has 7 heteroatoms. The van der Waals surface area contributed by atoms with E-state index in [1.807, 2.05) is 0 Å². The number of alkyl halides is 3. The lowest BCUT2D eigenvalue weighted by atomic mass is 10.00. The fraction of sp³-hybridized carbons (Fsp3) is 0.364. The highest BCUT2D eigenvalue weighted by atomic mass is 19.4. The molecule has 18 heavy (non-hydrogen) atoms. The van der Waals surface area contributed by atoms with Crippen molar-refractivity contribution in [2.75, 3.05) is 6.61 Å². The maximum absolute atomic E-state index is 13.8. The number of benzene rings is 1. The van der Waals surface area contributed by atoms with Crippen LogP contribution in [0.1, 0.15) is 23.6 Å². The molecule has 1 heterocycles. The molecule has 0 radical (unpaired) electrons. The van der Waals surface area contributed by atoms with E-state index in [2.05, 4.69) is 10.1 Å². The molecular weight excluding hydrogens is 254 g/mol. The SMILES string of the molecule is O=C1N[C@H](c2cccc(C(F)(F)F)c2F)CCO1. The number of ether oxygens (including phenoxy) is 1. The molecule has 1 aliphatic rings. The Hall–Kier alpha value is -1.79. The number of amides is 1. The van der Waals surface area contributed by atoms with Gasteiger partial charge in [-0.1, -0.05) is 12.1 Å². The van der Waals surface area contributed by atoms with Gasteiger partial charge in [0.25, 0.3) is 0 Å². The van der Waals surface area contributed by atoms with Crippen molar-refractivity contribution < 1.29 is 27.1 Å². The molecule has 0 unspecified atom stereocenters. The minimum atomic E-state index is -4.75. The summed E-state index contributed by atoms with van der Waals surface area (Å²) in [7, 11) is 0. The Morgan fingerprint density at radius 2 is 2.06 bits per heavy atom. The van der Waals surface area contributed by atoms with Gasteiger partial charge in [0.1, 0.15) is 5.82 Å². The molecule has 1 N–H and O–H groups in total. The lowest BCUT2D eigenvalue weighted by Gasteiger charge is -2.24. The van der Waals surface area contributed by atoms with E-state index < -0.39 is 29.7 Å². The number of halogens is 4. The van der Waals surface area contributed by atoms with Crippen LogP contribution >= 0.6 is 0 Å². The van der Waals surface area contributed by atoms with Gasteiger partial charge in [-0.3, -0.25) is 0 Å². The summed E-state index contributed by atoms with van der Waals surface area (Å²) in [6.45, 7) is 0.0478. The van der Waals surface area contributed by atoms with Gasteiger partial charge in [0.15, 0.2) is 0 Å². The van der Waals surface area contributed by atoms with E-state index in [4.69, 9.17) is 0 Å². The number of carbonyl (C=O) groups is 1. The Balaban J connectivity index is 2.37. The summed E-state index contributed by atoms with van der Waals surface area (Å²) in [5, 5.41) is 2.28. The van der Waals surface area contributed by atoms with Crippen molar-refractivity contribution in [3.63, 3.8) is 0 Å². The number of cyclic esters (lactones) is 1. The molecule has 0 aromatic heterocycles. The third kappa shape index (κ3) is 2.39. The first-order chi connectivity index (χ1) is 8.39. The molecule has 1 saturated heterocycles. The highest BCUT2D eigenvalue weighted by Gasteiger charge is 2.36. The molecule has 1 fully saturated rings. The number of hydrogen-bond acceptors (Lipinski definition) is 2. The fourth-order valence-electron chi connectivity index (χ4n) is 1.80. The van der Waals surface area contributed by atoms with Crippen LogP contribution in [0.25, 0.3) is 0 Å². The largest absolute Gasteiger partial charge is 0.449 e. The lowest BCUT2D eigenvalue weighted by Crippen LogP contribution is -2.36. The van der Waals surface area contributed by atoms with Crippen molar-refractivity contribution in [2.24, 2.45) is 0 Å². The number of alkyl carbamates (subject to hydrolysis) is 1. The second-order valence-corrected chi connectivity index (χ2v) is 3.83. The average molecular weight is 263 g/mol. The quantitative estimate of drug-likeness (QED) is 0.791. The van der Waals surface area contributed by atoms with Crippen LogP contribution in [0.3, 0.4) is 0 Å². The minimum Gasteiger partial charge on any atom is -0.449 e. The van der Waals surface area contributed by atoms with E-state index in [0.717, 1.165) is 6.07 Å². The summed E-state index contributed by atoms with van der Waals surface area (Å²) in [6.07, 6.45) is -5.29. The van der Waals surface area contributed by atoms with Gasteiger partial charge in [0, 0.05) is 12.0 Å². The first-order valence-corrected chi connectivity index (χ1v) is 5.18. The van der Waals surface area contributed by atoms with Gasteiger partial charge in [0.2, 0.25) is 0 Å². The Kier molecular flexibility index (Phi) is 3.14. The van der Waals surface area contributed by atoms with Gasteiger partial charge < -0.3 is 10.1 Å². The van der Waals surface area contributed by atoms with Crippen LogP contribution in [-0.2, 0) is 10.9 Å². The van der Waals surface area contributed by atoms with Crippen LogP contribution in [0.4, 0.5) is 22.4 Å². The Bertz CT molecular complexity index is 473. The van der Waals surface area contributed by atoms with E-state index in [0.29, 0.717) is 6.07 Å². The zero-order valence-electron chi connectivity index (χ0n) is 9.05. The molecule has 3 nitrogen and oxygen atoms in total. The molecule has 0 spiro atoms. The molecule has 1 atom stereocenters. The van der Waals surface area contributed by atoms with Crippen LogP contribution < -0.4 is 5.32 Å². The van der Waals surface area contributed by atoms with Crippen molar-refractivity contribution in [1.29, 1.82) is 0 Å². The zero-order valence-corrected chi connectivity index (χ0v) is 9.05.